The van der Waals surface area contributed by atoms with Crippen LogP contribution in [0.1, 0.15) is 33.1 Å². The standard InChI is InChI=1S/C23H26FN5O2/c1-22-8-9-23(2,28(22)3)21(24)19(13-22)31-20-7-6-17(26-27-20)16-5-4-15(12-18(16)30)29-11-10-25-14-29/h4-7,10-12,14,19,21,30H,8-9,13H2,1-3H3/t19-,21+,22-,23+/m1/s1. The van der Waals surface area contributed by atoms with Crippen molar-refractivity contribution in [2.24, 2.45) is 0 Å². The van der Waals surface area contributed by atoms with Gasteiger partial charge < -0.3 is 14.4 Å². The Hall–Kier alpha value is -3.00. The maximum absolute atomic E-state index is 15.3. The molecule has 5 rings (SSSR count). The predicted molar refractivity (Wildman–Crippen MR) is 114 cm³/mol. The van der Waals surface area contributed by atoms with E-state index in [-0.39, 0.29) is 11.3 Å². The van der Waals surface area contributed by atoms with E-state index in [2.05, 4.69) is 27.0 Å². The van der Waals surface area contributed by atoms with Gasteiger partial charge in [-0.05, 0) is 51.9 Å². The highest BCUT2D eigenvalue weighted by Gasteiger charge is 2.60. The normalized spacial score (nSPS) is 30.5. The third kappa shape index (κ3) is 3.17. The fourth-order valence-corrected chi connectivity index (χ4v) is 5.07. The second-order valence-electron chi connectivity index (χ2n) is 9.10. The van der Waals surface area contributed by atoms with Crippen molar-refractivity contribution in [3.63, 3.8) is 0 Å². The molecule has 4 atom stereocenters. The molecule has 0 amide bonds. The zero-order valence-corrected chi connectivity index (χ0v) is 17.9. The smallest absolute Gasteiger partial charge is 0.233 e. The summed E-state index contributed by atoms with van der Waals surface area (Å²) in [5, 5.41) is 18.8. The molecule has 0 spiro atoms. The number of halogens is 1. The first kappa shape index (κ1) is 19.9. The lowest BCUT2D eigenvalue weighted by Crippen LogP contribution is -2.64. The number of imidazole rings is 1. The van der Waals surface area contributed by atoms with Crippen LogP contribution in [0.5, 0.6) is 11.6 Å². The molecule has 1 aromatic carbocycles. The fraction of sp³-hybridized carbons (Fsp3) is 0.435. The van der Waals surface area contributed by atoms with Gasteiger partial charge in [0.05, 0.1) is 23.2 Å². The molecule has 2 fully saturated rings. The highest BCUT2D eigenvalue weighted by Crippen LogP contribution is 2.51. The van der Waals surface area contributed by atoms with Crippen LogP contribution >= 0.6 is 0 Å². The summed E-state index contributed by atoms with van der Waals surface area (Å²) in [6, 6.07) is 8.71. The van der Waals surface area contributed by atoms with E-state index in [1.54, 1.807) is 47.6 Å². The molecule has 0 aliphatic carbocycles. The first-order valence-electron chi connectivity index (χ1n) is 10.5. The summed E-state index contributed by atoms with van der Waals surface area (Å²) in [7, 11) is 2.01. The van der Waals surface area contributed by atoms with Gasteiger partial charge in [0, 0.05) is 42.0 Å². The lowest BCUT2D eigenvalue weighted by atomic mass is 9.82. The van der Waals surface area contributed by atoms with Crippen LogP contribution in [0.25, 0.3) is 16.9 Å². The Bertz CT molecular complexity index is 1090. The van der Waals surface area contributed by atoms with E-state index in [1.165, 1.54) is 0 Å². The Labute approximate surface area is 180 Å². The quantitative estimate of drug-likeness (QED) is 0.689. The SMILES string of the molecule is CN1[C@]2(C)CC[C@@]1(C)[C@@H](F)[C@H](Oc1ccc(-c3ccc(-n4ccnc4)cc3O)nn1)C2. The zero-order valence-electron chi connectivity index (χ0n) is 17.9. The minimum Gasteiger partial charge on any atom is -0.507 e. The molecule has 2 saturated heterocycles. The van der Waals surface area contributed by atoms with Crippen molar-refractivity contribution in [2.45, 2.75) is 56.5 Å². The second kappa shape index (κ2) is 7.02. The van der Waals surface area contributed by atoms with Crippen LogP contribution in [-0.2, 0) is 0 Å². The lowest BCUT2D eigenvalue weighted by Gasteiger charge is -2.50. The van der Waals surface area contributed by atoms with E-state index in [4.69, 9.17) is 4.74 Å². The minimum absolute atomic E-state index is 0.0713. The van der Waals surface area contributed by atoms with Gasteiger partial charge in [0.1, 0.15) is 11.9 Å². The number of aromatic hydroxyl groups is 1. The second-order valence-corrected chi connectivity index (χ2v) is 9.10. The number of ether oxygens (including phenoxy) is 1. The summed E-state index contributed by atoms with van der Waals surface area (Å²) in [4.78, 5) is 6.19. The maximum Gasteiger partial charge on any atom is 0.233 e. The average Bonchev–Trinajstić information content (AvgIpc) is 3.35. The number of phenols is 1. The van der Waals surface area contributed by atoms with Crippen molar-refractivity contribution in [2.75, 3.05) is 7.05 Å². The first-order chi connectivity index (χ1) is 14.8. The van der Waals surface area contributed by atoms with E-state index in [0.717, 1.165) is 18.5 Å². The Balaban J connectivity index is 1.34. The van der Waals surface area contributed by atoms with Crippen molar-refractivity contribution in [3.05, 3.63) is 49.1 Å². The zero-order chi connectivity index (χ0) is 21.8. The summed E-state index contributed by atoms with van der Waals surface area (Å²) in [6.07, 6.45) is 5.86. The summed E-state index contributed by atoms with van der Waals surface area (Å²) < 4.78 is 23.1. The van der Waals surface area contributed by atoms with Gasteiger partial charge in [-0.25, -0.2) is 9.37 Å². The summed E-state index contributed by atoms with van der Waals surface area (Å²) in [5.41, 5.74) is 1.27. The molecule has 0 radical (unpaired) electrons. The maximum atomic E-state index is 15.3. The van der Waals surface area contributed by atoms with Gasteiger partial charge in [-0.15, -0.1) is 10.2 Å². The van der Waals surface area contributed by atoms with Gasteiger partial charge in [-0.2, -0.15) is 0 Å². The summed E-state index contributed by atoms with van der Waals surface area (Å²) in [6.45, 7) is 4.15. The number of phenolic OH excluding ortho intramolecular Hbond substituents is 1. The number of aromatic nitrogens is 4. The number of rotatable bonds is 4. The van der Waals surface area contributed by atoms with Crippen LogP contribution in [0.2, 0.25) is 0 Å². The number of hydrogen-bond donors (Lipinski definition) is 1. The highest BCUT2D eigenvalue weighted by atomic mass is 19.1. The predicted octanol–water partition coefficient (Wildman–Crippen LogP) is 3.77. The van der Waals surface area contributed by atoms with Crippen LogP contribution in [0.15, 0.2) is 49.1 Å². The van der Waals surface area contributed by atoms with Gasteiger partial charge in [0.25, 0.3) is 0 Å². The van der Waals surface area contributed by atoms with E-state index in [9.17, 15) is 5.11 Å². The Kier molecular flexibility index (Phi) is 4.51. The third-order valence-corrected chi connectivity index (χ3v) is 7.28. The highest BCUT2D eigenvalue weighted by molar-refractivity contribution is 5.68. The molecule has 7 nitrogen and oxygen atoms in total. The minimum atomic E-state index is -1.10. The number of nitrogens with zero attached hydrogens (tertiary/aromatic N) is 5. The van der Waals surface area contributed by atoms with Crippen LogP contribution in [0, 0.1) is 0 Å². The molecule has 2 bridgehead atoms. The summed E-state index contributed by atoms with van der Waals surface area (Å²) in [5.74, 6) is 0.382. The van der Waals surface area contributed by atoms with Crippen molar-refractivity contribution in [1.29, 1.82) is 0 Å². The molecular weight excluding hydrogens is 397 g/mol. The van der Waals surface area contributed by atoms with Crippen molar-refractivity contribution in [3.8, 4) is 28.6 Å². The average molecular weight is 423 g/mol. The fourth-order valence-electron chi connectivity index (χ4n) is 5.07. The largest absolute Gasteiger partial charge is 0.507 e. The number of piperidine rings is 1. The van der Waals surface area contributed by atoms with Crippen LogP contribution in [-0.4, -0.2) is 60.2 Å². The molecule has 4 heterocycles. The van der Waals surface area contributed by atoms with Gasteiger partial charge >= 0.3 is 0 Å². The first-order valence-corrected chi connectivity index (χ1v) is 10.5. The van der Waals surface area contributed by atoms with Gasteiger partial charge in [-0.3, -0.25) is 4.90 Å². The van der Waals surface area contributed by atoms with Gasteiger partial charge in [0.2, 0.25) is 5.88 Å². The van der Waals surface area contributed by atoms with E-state index in [0.29, 0.717) is 23.6 Å². The molecular formula is C23H26FN5O2. The van der Waals surface area contributed by atoms with Crippen molar-refractivity contribution >= 4 is 0 Å². The molecule has 2 aromatic heterocycles. The molecule has 8 heteroatoms. The molecule has 162 valence electrons. The van der Waals surface area contributed by atoms with E-state index >= 15 is 4.39 Å². The number of hydrogen-bond acceptors (Lipinski definition) is 6. The van der Waals surface area contributed by atoms with Gasteiger partial charge in [-0.1, -0.05) is 0 Å². The molecule has 0 saturated carbocycles. The van der Waals surface area contributed by atoms with Crippen LogP contribution in [0.3, 0.4) is 0 Å². The number of benzene rings is 1. The Morgan fingerprint density at radius 2 is 2.00 bits per heavy atom. The van der Waals surface area contributed by atoms with E-state index < -0.39 is 17.8 Å². The molecule has 2 aliphatic rings. The molecule has 3 aromatic rings. The van der Waals surface area contributed by atoms with Crippen LogP contribution < -0.4 is 4.74 Å². The lowest BCUT2D eigenvalue weighted by molar-refractivity contribution is -0.0887. The topological polar surface area (TPSA) is 76.3 Å². The molecule has 1 N–H and O–H groups in total. The summed E-state index contributed by atoms with van der Waals surface area (Å²) >= 11 is 0. The Morgan fingerprint density at radius 1 is 1.16 bits per heavy atom. The monoisotopic (exact) mass is 423 g/mol. The Morgan fingerprint density at radius 3 is 2.68 bits per heavy atom. The van der Waals surface area contributed by atoms with Crippen LogP contribution in [0.4, 0.5) is 4.39 Å². The number of alkyl halides is 1. The molecule has 0 unspecified atom stereocenters. The van der Waals surface area contributed by atoms with Crippen molar-refractivity contribution in [1.82, 2.24) is 24.6 Å². The molecule has 2 aliphatic heterocycles. The van der Waals surface area contributed by atoms with Crippen molar-refractivity contribution < 1.29 is 14.2 Å². The van der Waals surface area contributed by atoms with E-state index in [1.807, 2.05) is 20.0 Å². The third-order valence-electron chi connectivity index (χ3n) is 7.28. The van der Waals surface area contributed by atoms with Gasteiger partial charge in [0.15, 0.2) is 6.17 Å². The number of fused-ring (bicyclic) bond motifs is 2. The molecule has 31 heavy (non-hydrogen) atoms.